The van der Waals surface area contributed by atoms with Gasteiger partial charge in [-0.15, -0.1) is 0 Å². The molecule has 0 radical (unpaired) electrons. The Balaban J connectivity index is 2.39. The molecule has 6 heteroatoms. The van der Waals surface area contributed by atoms with Crippen LogP contribution in [0.4, 0.5) is 5.69 Å². The average Bonchev–Trinajstić information content (AvgIpc) is 2.79. The molecule has 1 aromatic carbocycles. The zero-order valence-corrected chi connectivity index (χ0v) is 12.9. The van der Waals surface area contributed by atoms with E-state index in [1.165, 1.54) is 10.5 Å². The number of nitrogens with two attached hydrogens (primary N) is 1. The van der Waals surface area contributed by atoms with Gasteiger partial charge < -0.3 is 10.7 Å². The first-order valence-corrected chi connectivity index (χ1v) is 8.09. The molecule has 0 saturated carbocycles. The Hall–Kier alpha value is -1.53. The SMILES string of the molecule is CC(C)CCN(C)S(=O)(=O)c1c[nH]c2ccc(N)cc12. The molecule has 0 unspecified atom stereocenters. The Morgan fingerprint density at radius 1 is 1.35 bits per heavy atom. The quantitative estimate of drug-likeness (QED) is 0.831. The molecule has 110 valence electrons. The van der Waals surface area contributed by atoms with E-state index < -0.39 is 10.0 Å². The van der Waals surface area contributed by atoms with Crippen molar-refractivity contribution in [1.82, 2.24) is 9.29 Å². The molecular formula is C14H21N3O2S. The smallest absolute Gasteiger partial charge is 0.244 e. The molecule has 3 N–H and O–H groups in total. The number of hydrogen-bond acceptors (Lipinski definition) is 3. The van der Waals surface area contributed by atoms with Crippen LogP contribution < -0.4 is 5.73 Å². The van der Waals surface area contributed by atoms with Crippen LogP contribution in [0.3, 0.4) is 0 Å². The lowest BCUT2D eigenvalue weighted by atomic mass is 10.1. The van der Waals surface area contributed by atoms with Gasteiger partial charge in [-0.05, 0) is 30.5 Å². The Morgan fingerprint density at radius 2 is 2.05 bits per heavy atom. The molecule has 0 bridgehead atoms. The van der Waals surface area contributed by atoms with Gasteiger partial charge in [0.05, 0.1) is 0 Å². The van der Waals surface area contributed by atoms with Crippen LogP contribution in [0.5, 0.6) is 0 Å². The van der Waals surface area contributed by atoms with Crippen molar-refractivity contribution in [3.8, 4) is 0 Å². The van der Waals surface area contributed by atoms with E-state index in [1.807, 2.05) is 0 Å². The zero-order chi connectivity index (χ0) is 14.9. The number of anilines is 1. The fourth-order valence-corrected chi connectivity index (χ4v) is 3.39. The highest BCUT2D eigenvalue weighted by molar-refractivity contribution is 7.89. The molecule has 0 aliphatic heterocycles. The third-order valence-electron chi connectivity index (χ3n) is 3.38. The molecule has 0 saturated heterocycles. The number of nitrogens with zero attached hydrogens (tertiary/aromatic N) is 1. The Bertz CT molecular complexity index is 704. The summed E-state index contributed by atoms with van der Waals surface area (Å²) in [5, 5.41) is 0.640. The number of sulfonamides is 1. The number of aromatic amines is 1. The number of fused-ring (bicyclic) bond motifs is 1. The normalized spacial score (nSPS) is 12.7. The maximum absolute atomic E-state index is 12.6. The molecule has 1 aromatic heterocycles. The summed E-state index contributed by atoms with van der Waals surface area (Å²) in [6.45, 7) is 4.66. The van der Waals surface area contributed by atoms with Crippen LogP contribution in [0, 0.1) is 5.92 Å². The Kier molecular flexibility index (Phi) is 4.06. The molecule has 2 aromatic rings. The molecule has 0 spiro atoms. The molecule has 20 heavy (non-hydrogen) atoms. The molecule has 0 atom stereocenters. The summed E-state index contributed by atoms with van der Waals surface area (Å²) in [6.07, 6.45) is 2.37. The van der Waals surface area contributed by atoms with Crippen molar-refractivity contribution in [3.05, 3.63) is 24.4 Å². The second-order valence-corrected chi connectivity index (χ2v) is 7.48. The summed E-state index contributed by atoms with van der Waals surface area (Å²) in [4.78, 5) is 3.26. The van der Waals surface area contributed by atoms with E-state index in [2.05, 4.69) is 18.8 Å². The van der Waals surface area contributed by atoms with Gasteiger partial charge in [0.15, 0.2) is 0 Å². The third-order valence-corrected chi connectivity index (χ3v) is 5.27. The van der Waals surface area contributed by atoms with Gasteiger partial charge in [-0.1, -0.05) is 13.8 Å². The van der Waals surface area contributed by atoms with E-state index in [9.17, 15) is 8.42 Å². The van der Waals surface area contributed by atoms with Crippen molar-refractivity contribution >= 4 is 26.6 Å². The number of nitrogen functional groups attached to an aromatic ring is 1. The molecule has 5 nitrogen and oxygen atoms in total. The molecule has 0 aliphatic carbocycles. The van der Waals surface area contributed by atoms with E-state index in [0.717, 1.165) is 11.9 Å². The fourth-order valence-electron chi connectivity index (χ4n) is 2.05. The van der Waals surface area contributed by atoms with Crippen LogP contribution in [0.1, 0.15) is 20.3 Å². The van der Waals surface area contributed by atoms with Gasteiger partial charge in [0.25, 0.3) is 0 Å². The van der Waals surface area contributed by atoms with E-state index in [-0.39, 0.29) is 4.90 Å². The third kappa shape index (κ3) is 2.81. The van der Waals surface area contributed by atoms with Crippen molar-refractivity contribution in [2.75, 3.05) is 19.3 Å². The number of rotatable bonds is 5. The van der Waals surface area contributed by atoms with Gasteiger partial charge in [-0.25, -0.2) is 12.7 Å². The van der Waals surface area contributed by atoms with Crippen molar-refractivity contribution in [3.63, 3.8) is 0 Å². The van der Waals surface area contributed by atoms with Crippen LogP contribution in [-0.2, 0) is 10.0 Å². The highest BCUT2D eigenvalue weighted by atomic mass is 32.2. The number of aromatic nitrogens is 1. The topological polar surface area (TPSA) is 79.2 Å². The monoisotopic (exact) mass is 295 g/mol. The lowest BCUT2D eigenvalue weighted by molar-refractivity contribution is 0.428. The molecule has 2 rings (SSSR count). The average molecular weight is 295 g/mol. The molecule has 0 amide bonds. The van der Waals surface area contributed by atoms with Gasteiger partial charge in [-0.2, -0.15) is 0 Å². The standard InChI is InChI=1S/C14H21N3O2S/c1-10(2)6-7-17(3)20(18,19)14-9-16-13-5-4-11(15)8-12(13)14/h4-5,8-10,16H,6-7,15H2,1-3H3. The molecular weight excluding hydrogens is 274 g/mol. The summed E-state index contributed by atoms with van der Waals surface area (Å²) in [7, 11) is -1.87. The second kappa shape index (κ2) is 5.46. The Labute approximate surface area is 119 Å². The van der Waals surface area contributed by atoms with Crippen molar-refractivity contribution in [2.45, 2.75) is 25.2 Å². The fraction of sp³-hybridized carbons (Fsp3) is 0.429. The zero-order valence-electron chi connectivity index (χ0n) is 12.1. The maximum Gasteiger partial charge on any atom is 0.244 e. The minimum atomic E-state index is -3.49. The maximum atomic E-state index is 12.6. The summed E-state index contributed by atoms with van der Waals surface area (Å²) in [5.74, 6) is 0.464. The molecule has 0 aliphatic rings. The predicted octanol–water partition coefficient (Wildman–Crippen LogP) is 2.42. The number of H-pyrrole nitrogens is 1. The number of nitrogens with one attached hydrogen (secondary N) is 1. The molecule has 0 fully saturated rings. The molecule has 1 heterocycles. The number of benzene rings is 1. The van der Waals surface area contributed by atoms with E-state index in [4.69, 9.17) is 5.73 Å². The van der Waals surface area contributed by atoms with Gasteiger partial charge >= 0.3 is 0 Å². The lowest BCUT2D eigenvalue weighted by Crippen LogP contribution is -2.28. The van der Waals surface area contributed by atoms with E-state index >= 15 is 0 Å². The van der Waals surface area contributed by atoms with E-state index in [0.29, 0.717) is 23.5 Å². The largest absolute Gasteiger partial charge is 0.399 e. The Morgan fingerprint density at radius 3 is 2.70 bits per heavy atom. The van der Waals surface area contributed by atoms with Gasteiger partial charge in [0.2, 0.25) is 10.0 Å². The minimum absolute atomic E-state index is 0.283. The van der Waals surface area contributed by atoms with Gasteiger partial charge in [-0.3, -0.25) is 0 Å². The van der Waals surface area contributed by atoms with Crippen molar-refractivity contribution in [2.24, 2.45) is 5.92 Å². The van der Waals surface area contributed by atoms with Gasteiger partial charge in [0, 0.05) is 36.4 Å². The van der Waals surface area contributed by atoms with Gasteiger partial charge in [0.1, 0.15) is 4.90 Å². The van der Waals surface area contributed by atoms with Crippen LogP contribution in [0.15, 0.2) is 29.3 Å². The van der Waals surface area contributed by atoms with Crippen LogP contribution >= 0.6 is 0 Å². The summed E-state index contributed by atoms with van der Waals surface area (Å²) in [6, 6.07) is 5.23. The lowest BCUT2D eigenvalue weighted by Gasteiger charge is -2.17. The van der Waals surface area contributed by atoms with Crippen molar-refractivity contribution in [1.29, 1.82) is 0 Å². The van der Waals surface area contributed by atoms with Crippen LogP contribution in [0.25, 0.3) is 10.9 Å². The first kappa shape index (κ1) is 14.9. The highest BCUT2D eigenvalue weighted by Gasteiger charge is 2.24. The van der Waals surface area contributed by atoms with Crippen LogP contribution in [-0.4, -0.2) is 31.3 Å². The minimum Gasteiger partial charge on any atom is -0.399 e. The predicted molar refractivity (Wildman–Crippen MR) is 82.0 cm³/mol. The van der Waals surface area contributed by atoms with Crippen LogP contribution in [0.2, 0.25) is 0 Å². The van der Waals surface area contributed by atoms with Crippen molar-refractivity contribution < 1.29 is 8.42 Å². The summed E-state index contributed by atoms with van der Waals surface area (Å²) < 4.78 is 26.6. The summed E-state index contributed by atoms with van der Waals surface area (Å²) >= 11 is 0. The number of hydrogen-bond donors (Lipinski definition) is 2. The first-order chi connectivity index (χ1) is 9.32. The second-order valence-electron chi connectivity index (χ2n) is 5.47. The summed E-state index contributed by atoms with van der Waals surface area (Å²) in [5.41, 5.74) is 7.07. The first-order valence-electron chi connectivity index (χ1n) is 6.65. The van der Waals surface area contributed by atoms with E-state index in [1.54, 1.807) is 25.2 Å². The highest BCUT2D eigenvalue weighted by Crippen LogP contribution is 2.27.